The highest BCUT2D eigenvalue weighted by atomic mass is 79.9. The van der Waals surface area contributed by atoms with Gasteiger partial charge in [0.2, 0.25) is 0 Å². The van der Waals surface area contributed by atoms with Crippen molar-refractivity contribution in [3.63, 3.8) is 0 Å². The quantitative estimate of drug-likeness (QED) is 0.753. The highest BCUT2D eigenvalue weighted by molar-refractivity contribution is 9.10. The fraction of sp³-hybridized carbons (Fsp3) is 0.200. The fourth-order valence-corrected chi connectivity index (χ4v) is 3.04. The lowest BCUT2D eigenvalue weighted by molar-refractivity contribution is 0.580. The monoisotopic (exact) mass is 375 g/mol. The van der Waals surface area contributed by atoms with E-state index in [0.717, 1.165) is 11.1 Å². The van der Waals surface area contributed by atoms with Gasteiger partial charge in [0.15, 0.2) is 0 Å². The zero-order chi connectivity index (χ0) is 14.7. The SMILES string of the molecule is CNC(Cc1cccc(F)c1Br)c1ccc(Cl)cc1Cl. The van der Waals surface area contributed by atoms with E-state index in [4.69, 9.17) is 23.2 Å². The van der Waals surface area contributed by atoms with Crippen molar-refractivity contribution in [2.75, 3.05) is 7.05 Å². The van der Waals surface area contributed by atoms with Crippen molar-refractivity contribution in [2.24, 2.45) is 0 Å². The van der Waals surface area contributed by atoms with Crippen molar-refractivity contribution in [1.82, 2.24) is 5.32 Å². The number of hydrogen-bond acceptors (Lipinski definition) is 1. The van der Waals surface area contributed by atoms with Gasteiger partial charge in [-0.15, -0.1) is 0 Å². The molecule has 2 rings (SSSR count). The summed E-state index contributed by atoms with van der Waals surface area (Å²) in [6.45, 7) is 0. The number of likely N-dealkylation sites (N-methyl/N-ethyl adjacent to an activating group) is 1. The van der Waals surface area contributed by atoms with E-state index in [1.165, 1.54) is 6.07 Å². The zero-order valence-corrected chi connectivity index (χ0v) is 13.9. The summed E-state index contributed by atoms with van der Waals surface area (Å²) in [5, 5.41) is 4.40. The van der Waals surface area contributed by atoms with Gasteiger partial charge < -0.3 is 5.32 Å². The van der Waals surface area contributed by atoms with Gasteiger partial charge in [-0.1, -0.05) is 41.4 Å². The van der Waals surface area contributed by atoms with Crippen molar-refractivity contribution in [2.45, 2.75) is 12.5 Å². The van der Waals surface area contributed by atoms with Crippen molar-refractivity contribution in [1.29, 1.82) is 0 Å². The van der Waals surface area contributed by atoms with Crippen LogP contribution in [0.4, 0.5) is 4.39 Å². The lowest BCUT2D eigenvalue weighted by atomic mass is 9.99. The van der Waals surface area contributed by atoms with Crippen LogP contribution in [0, 0.1) is 5.82 Å². The Morgan fingerprint density at radius 3 is 2.65 bits per heavy atom. The molecule has 2 aromatic rings. The van der Waals surface area contributed by atoms with E-state index in [9.17, 15) is 4.39 Å². The van der Waals surface area contributed by atoms with E-state index in [1.54, 1.807) is 18.2 Å². The van der Waals surface area contributed by atoms with E-state index in [0.29, 0.717) is 20.9 Å². The van der Waals surface area contributed by atoms with Crippen LogP contribution >= 0.6 is 39.1 Å². The molecule has 0 aliphatic heterocycles. The summed E-state index contributed by atoms with van der Waals surface area (Å²) in [6.07, 6.45) is 0.621. The molecule has 0 spiro atoms. The lowest BCUT2D eigenvalue weighted by Crippen LogP contribution is -2.19. The molecule has 1 nitrogen and oxygen atoms in total. The van der Waals surface area contributed by atoms with Gasteiger partial charge in [0.05, 0.1) is 4.47 Å². The van der Waals surface area contributed by atoms with Gasteiger partial charge >= 0.3 is 0 Å². The third kappa shape index (κ3) is 3.53. The summed E-state index contributed by atoms with van der Waals surface area (Å²) in [7, 11) is 1.85. The maximum atomic E-state index is 13.6. The largest absolute Gasteiger partial charge is 0.313 e. The van der Waals surface area contributed by atoms with Gasteiger partial charge in [-0.05, 0) is 58.7 Å². The molecule has 1 unspecified atom stereocenters. The minimum atomic E-state index is -0.264. The Kier molecular flexibility index (Phi) is 5.44. The molecule has 20 heavy (non-hydrogen) atoms. The molecule has 0 aliphatic carbocycles. The number of rotatable bonds is 4. The Hall–Kier alpha value is -0.610. The minimum absolute atomic E-state index is 0.0159. The molecule has 0 amide bonds. The Morgan fingerprint density at radius 1 is 1.25 bits per heavy atom. The first-order valence-corrected chi connectivity index (χ1v) is 7.63. The third-order valence-electron chi connectivity index (χ3n) is 3.14. The zero-order valence-electron chi connectivity index (χ0n) is 10.8. The average molecular weight is 377 g/mol. The molecule has 1 atom stereocenters. The van der Waals surface area contributed by atoms with Crippen LogP contribution in [0.5, 0.6) is 0 Å². The summed E-state index contributed by atoms with van der Waals surface area (Å²) in [5.74, 6) is -0.264. The molecule has 0 aliphatic rings. The molecule has 1 N–H and O–H groups in total. The molecule has 106 valence electrons. The summed E-state index contributed by atoms with van der Waals surface area (Å²) in [5.41, 5.74) is 1.82. The number of hydrogen-bond donors (Lipinski definition) is 1. The molecule has 0 radical (unpaired) electrons. The second-order valence-electron chi connectivity index (χ2n) is 4.42. The second-order valence-corrected chi connectivity index (χ2v) is 6.06. The smallest absolute Gasteiger partial charge is 0.137 e. The maximum absolute atomic E-state index is 13.6. The van der Waals surface area contributed by atoms with Crippen LogP contribution in [0.3, 0.4) is 0 Å². The first-order valence-electron chi connectivity index (χ1n) is 6.08. The second kappa shape index (κ2) is 6.90. The van der Waals surface area contributed by atoms with Crippen LogP contribution in [-0.4, -0.2) is 7.05 Å². The minimum Gasteiger partial charge on any atom is -0.313 e. The Bertz CT molecular complexity index is 619. The molecule has 0 saturated carbocycles. The summed E-state index contributed by atoms with van der Waals surface area (Å²) >= 11 is 15.4. The first-order chi connectivity index (χ1) is 9.52. The lowest BCUT2D eigenvalue weighted by Gasteiger charge is -2.19. The van der Waals surface area contributed by atoms with Crippen LogP contribution in [-0.2, 0) is 6.42 Å². The Morgan fingerprint density at radius 2 is 2.00 bits per heavy atom. The van der Waals surface area contributed by atoms with Gasteiger partial charge in [0.1, 0.15) is 5.82 Å². The molecule has 0 fully saturated rings. The van der Waals surface area contributed by atoms with Crippen LogP contribution in [0.1, 0.15) is 17.2 Å². The van der Waals surface area contributed by atoms with Gasteiger partial charge in [-0.25, -0.2) is 4.39 Å². The Labute approximate surface area is 136 Å². The predicted molar refractivity (Wildman–Crippen MR) is 86.1 cm³/mol. The summed E-state index contributed by atoms with van der Waals surface area (Å²) in [6, 6.07) is 10.4. The average Bonchev–Trinajstić information content (AvgIpc) is 2.41. The van der Waals surface area contributed by atoms with Crippen LogP contribution < -0.4 is 5.32 Å². The van der Waals surface area contributed by atoms with Crippen molar-refractivity contribution in [3.8, 4) is 0 Å². The van der Waals surface area contributed by atoms with Crippen LogP contribution in [0.15, 0.2) is 40.9 Å². The molecular weight excluding hydrogens is 364 g/mol. The number of nitrogens with one attached hydrogen (secondary N) is 1. The molecule has 2 aromatic carbocycles. The van der Waals surface area contributed by atoms with Crippen molar-refractivity contribution < 1.29 is 4.39 Å². The van der Waals surface area contributed by atoms with E-state index in [1.807, 2.05) is 19.2 Å². The van der Waals surface area contributed by atoms with E-state index in [-0.39, 0.29) is 11.9 Å². The molecular formula is C15H13BrCl2FN. The van der Waals surface area contributed by atoms with Gasteiger partial charge in [-0.2, -0.15) is 0 Å². The molecule has 0 aromatic heterocycles. The number of halogens is 4. The van der Waals surface area contributed by atoms with Crippen molar-refractivity contribution in [3.05, 3.63) is 67.9 Å². The van der Waals surface area contributed by atoms with Gasteiger partial charge in [-0.3, -0.25) is 0 Å². The molecule has 0 heterocycles. The normalized spacial score (nSPS) is 12.4. The first kappa shape index (κ1) is 15.8. The molecule has 0 bridgehead atoms. The van der Waals surface area contributed by atoms with E-state index >= 15 is 0 Å². The van der Waals surface area contributed by atoms with E-state index in [2.05, 4.69) is 21.2 Å². The van der Waals surface area contributed by atoms with Gasteiger partial charge in [0.25, 0.3) is 0 Å². The van der Waals surface area contributed by atoms with E-state index < -0.39 is 0 Å². The number of benzene rings is 2. The predicted octanol–water partition coefficient (Wildman–Crippen LogP) is 5.40. The summed E-state index contributed by atoms with van der Waals surface area (Å²) < 4.78 is 14.0. The highest BCUT2D eigenvalue weighted by Crippen LogP contribution is 2.30. The highest BCUT2D eigenvalue weighted by Gasteiger charge is 2.16. The maximum Gasteiger partial charge on any atom is 0.137 e. The third-order valence-corrected chi connectivity index (χ3v) is 4.59. The molecule has 5 heteroatoms. The van der Waals surface area contributed by atoms with Crippen LogP contribution in [0.25, 0.3) is 0 Å². The topological polar surface area (TPSA) is 12.0 Å². The standard InChI is InChI=1S/C15H13BrCl2FN/c1-20-14(11-6-5-10(17)8-12(11)18)7-9-3-2-4-13(19)15(9)16/h2-6,8,14,20H,7H2,1H3. The summed E-state index contributed by atoms with van der Waals surface area (Å²) in [4.78, 5) is 0. The molecule has 0 saturated heterocycles. The fourth-order valence-electron chi connectivity index (χ4n) is 2.08. The van der Waals surface area contributed by atoms with Crippen LogP contribution in [0.2, 0.25) is 10.0 Å². The van der Waals surface area contributed by atoms with Gasteiger partial charge in [0, 0.05) is 16.1 Å². The van der Waals surface area contributed by atoms with Crippen molar-refractivity contribution >= 4 is 39.1 Å². The Balaban J connectivity index is 2.31.